The molecular formula is C66H92Br2ClN7O16. The Labute approximate surface area is 561 Å². The number of carbonyl (C=O) groups is 9. The van der Waals surface area contributed by atoms with Gasteiger partial charge < -0.3 is 64.6 Å². The highest BCUT2D eigenvalue weighted by Crippen LogP contribution is 2.49. The number of unbranched alkanes of at least 4 members (excludes halogenated alkanes) is 2. The Kier molecular flexibility index (Phi) is 28.1. The number of urea groups is 1. The van der Waals surface area contributed by atoms with E-state index in [4.69, 9.17) is 45.8 Å². The van der Waals surface area contributed by atoms with Crippen LogP contribution in [0.3, 0.4) is 0 Å². The molecule has 6 N–H and O–H groups in total. The summed E-state index contributed by atoms with van der Waals surface area (Å²) in [6.07, 6.45) is 2.52. The van der Waals surface area contributed by atoms with Crippen LogP contribution in [0.1, 0.15) is 126 Å². The lowest BCUT2D eigenvalue weighted by atomic mass is 9.83. The number of aliphatic hydroxyl groups is 1. The molecule has 4 aliphatic rings. The molecule has 0 radical (unpaired) electrons. The predicted molar refractivity (Wildman–Crippen MR) is 354 cm³/mol. The molecule has 0 aliphatic carbocycles. The number of fused-ring (bicyclic) bond motifs is 5. The summed E-state index contributed by atoms with van der Waals surface area (Å²) < 4.78 is 35.2. The zero-order chi connectivity index (χ0) is 67.8. The second kappa shape index (κ2) is 34.4. The van der Waals surface area contributed by atoms with Crippen LogP contribution in [0.4, 0.5) is 21.0 Å². The highest BCUT2D eigenvalue weighted by Gasteiger charge is 2.64. The summed E-state index contributed by atoms with van der Waals surface area (Å²) in [5, 5.41) is 21.3. The van der Waals surface area contributed by atoms with Crippen LogP contribution >= 0.6 is 43.5 Å². The van der Waals surface area contributed by atoms with E-state index in [-0.39, 0.29) is 86.6 Å². The minimum atomic E-state index is -1.90. The van der Waals surface area contributed by atoms with Gasteiger partial charge >= 0.3 is 24.1 Å². The van der Waals surface area contributed by atoms with E-state index in [1.807, 2.05) is 50.8 Å². The molecule has 10 atom stereocenters. The van der Waals surface area contributed by atoms with Gasteiger partial charge in [-0.15, -0.1) is 0 Å². The molecule has 3 fully saturated rings. The number of hydrogen-bond acceptors (Lipinski definition) is 17. The van der Waals surface area contributed by atoms with Crippen LogP contribution < -0.4 is 31.5 Å². The van der Waals surface area contributed by atoms with Crippen molar-refractivity contribution in [1.29, 1.82) is 0 Å². The molecule has 0 spiro atoms. The number of allylic oxidation sites excluding steroid dienone is 3. The van der Waals surface area contributed by atoms with Gasteiger partial charge in [0.1, 0.15) is 35.7 Å². The first-order valence-electron chi connectivity index (χ1n) is 31.5. The average Bonchev–Trinajstić information content (AvgIpc) is 1.57. The summed E-state index contributed by atoms with van der Waals surface area (Å²) >= 11 is 13.5. The van der Waals surface area contributed by atoms with E-state index in [1.165, 1.54) is 30.9 Å². The molecule has 23 nitrogen and oxygen atoms in total. The Hall–Kier alpha value is -5.96. The molecule has 3 saturated heterocycles. The average molecular weight is 1430 g/mol. The minimum Gasteiger partial charge on any atom is -0.465 e. The number of ether oxygens (including phenoxy) is 6. The molecule has 4 aliphatic heterocycles. The fraction of sp³-hybridized carbons (Fsp3) is 0.621. The number of nitrogens with zero attached hydrogens (tertiary/aromatic N) is 3. The zero-order valence-corrected chi connectivity index (χ0v) is 58.4. The van der Waals surface area contributed by atoms with Gasteiger partial charge in [-0.05, 0) is 107 Å². The Bertz CT molecular complexity index is 3050. The van der Waals surface area contributed by atoms with Crippen molar-refractivity contribution in [2.45, 2.75) is 167 Å². The number of morpholine rings is 1. The van der Waals surface area contributed by atoms with E-state index in [0.717, 1.165) is 16.7 Å². The Balaban J connectivity index is 1.21. The number of nitrogens with two attached hydrogens (primary N) is 1. The van der Waals surface area contributed by atoms with Crippen molar-refractivity contribution in [2.75, 3.05) is 81.1 Å². The number of epoxide rings is 1. The van der Waals surface area contributed by atoms with Crippen molar-refractivity contribution < 1.29 is 76.7 Å². The molecule has 0 saturated carbocycles. The maximum atomic E-state index is 14.7. The van der Waals surface area contributed by atoms with Gasteiger partial charge in [0.05, 0.1) is 55.0 Å². The molecule has 2 aromatic carbocycles. The highest BCUT2D eigenvalue weighted by molar-refractivity contribution is 9.09. The summed E-state index contributed by atoms with van der Waals surface area (Å²) in [6, 6.07) is 5.58. The van der Waals surface area contributed by atoms with Crippen LogP contribution in [0.2, 0.25) is 5.02 Å². The molecule has 92 heavy (non-hydrogen) atoms. The SMILES string of the molecule is CO[C@@H]1/C=C/C=C(\C)Cc2cc(C)c(Cl)c(c2)N(C)C(=O)C[C@H](OC(=O)[C@H](C)N(C)C(=O)c2ccc(CC(=O)[C@H](CCCNC(N)=O)NC(=O)[C@@H](CC(=O)CCCCCOC(=O)C(CBr)CBr)C(C)C)c(N3CCOCC3)c2)[C@]2(C)O[C@H]2[C@H](C)[C@@H]2C[C@@]1(O)NC(=O)O2. The summed E-state index contributed by atoms with van der Waals surface area (Å²) in [7, 11) is 4.45. The summed E-state index contributed by atoms with van der Waals surface area (Å²) in [6.45, 7) is 14.3. The molecule has 2 aromatic rings. The van der Waals surface area contributed by atoms with Crippen LogP contribution in [0.25, 0.3) is 0 Å². The maximum absolute atomic E-state index is 14.7. The Morgan fingerprint density at radius 1 is 0.978 bits per heavy atom. The number of alkyl carbamates (subject to hydrolysis) is 1. The van der Waals surface area contributed by atoms with E-state index in [2.05, 4.69) is 47.8 Å². The molecule has 4 heterocycles. The Morgan fingerprint density at radius 2 is 1.68 bits per heavy atom. The highest BCUT2D eigenvalue weighted by atomic mass is 79.9. The van der Waals surface area contributed by atoms with Gasteiger partial charge in [-0.1, -0.05) is 100 Å². The molecule has 6 amide bonds. The first-order valence-corrected chi connectivity index (χ1v) is 34.1. The summed E-state index contributed by atoms with van der Waals surface area (Å²) in [5.41, 5.74) is 6.29. The lowest BCUT2D eigenvalue weighted by Crippen LogP contribution is -2.63. The number of carbonyl (C=O) groups excluding carboxylic acids is 9. The minimum absolute atomic E-state index is 0.0450. The number of Topliss-reactive ketones (excluding diaryl/α,β-unsaturated/α-hetero) is 2. The number of benzene rings is 2. The number of alkyl halides is 2. The van der Waals surface area contributed by atoms with Crippen molar-refractivity contribution in [3.63, 3.8) is 0 Å². The molecule has 4 bridgehead atoms. The second-order valence-electron chi connectivity index (χ2n) is 25.1. The number of anilines is 2. The normalized spacial score (nSPS) is 24.6. The van der Waals surface area contributed by atoms with E-state index in [0.29, 0.717) is 84.6 Å². The lowest BCUT2D eigenvalue weighted by molar-refractivity contribution is -0.158. The van der Waals surface area contributed by atoms with Crippen LogP contribution in [-0.2, 0) is 70.0 Å². The zero-order valence-electron chi connectivity index (χ0n) is 54.5. The maximum Gasteiger partial charge on any atom is 0.409 e. The predicted octanol–water partition coefficient (Wildman–Crippen LogP) is 7.75. The lowest BCUT2D eigenvalue weighted by Gasteiger charge is -2.42. The fourth-order valence-electron chi connectivity index (χ4n) is 11.8. The standard InChI is InChI=1S/C66H92Br2ClN7O16/c1-38(2)48(33-47(77)17-12-11-13-25-89-62(83)46(36-67)37-68)59(80)72-49(18-15-22-71-63(70)84)52(78)32-44-20-21-45(31-50(44)76-23-26-88-27-24-76)60(81)74(8)42(6)61(82)91-55-34-56(79)75(9)51-30-43(29-40(4)57(51)69)28-39(3)16-14-19-54(87-10)66(86)35-53(90-64(85)73-66)41(5)58-65(55,7)92-58/h14,16,19-21,29-31,38,41-42,46,48-49,53-55,58,86H,11-13,15,17-18,22-28,32-37H2,1-10H3,(H,72,80)(H,73,85)(H3,70,71,84)/b19-14+,39-16+/t41-,42+,48+,49+,53+,54-,55+,58+,65+,66+/m1/s1. The van der Waals surface area contributed by atoms with Crippen molar-refractivity contribution in [1.82, 2.24) is 20.9 Å². The van der Waals surface area contributed by atoms with Crippen molar-refractivity contribution in [3.05, 3.63) is 81.4 Å². The van der Waals surface area contributed by atoms with E-state index < -0.39 is 102 Å². The van der Waals surface area contributed by atoms with Crippen LogP contribution in [0, 0.1) is 30.6 Å². The van der Waals surface area contributed by atoms with Crippen LogP contribution in [-0.4, -0.2) is 183 Å². The quantitative estimate of drug-likeness (QED) is 0.0188. The van der Waals surface area contributed by atoms with Gasteiger partial charge in [-0.25, -0.2) is 14.4 Å². The smallest absolute Gasteiger partial charge is 0.409 e. The third-order valence-electron chi connectivity index (χ3n) is 17.8. The number of nitrogens with one attached hydrogen (secondary N) is 3. The largest absolute Gasteiger partial charge is 0.465 e. The molecule has 508 valence electrons. The number of hydrogen-bond donors (Lipinski definition) is 5. The number of rotatable bonds is 27. The Morgan fingerprint density at radius 3 is 2.35 bits per heavy atom. The monoisotopic (exact) mass is 1430 g/mol. The van der Waals surface area contributed by atoms with E-state index in [9.17, 15) is 48.3 Å². The third kappa shape index (κ3) is 20.0. The second-order valence-corrected chi connectivity index (χ2v) is 26.8. The van der Waals surface area contributed by atoms with Gasteiger partial charge in [0, 0.05) is 100 Å². The summed E-state index contributed by atoms with van der Waals surface area (Å²) in [5.74, 6) is -5.09. The number of ketones is 2. The summed E-state index contributed by atoms with van der Waals surface area (Å²) in [4.78, 5) is 128. The number of methoxy groups -OCH3 is 1. The van der Waals surface area contributed by atoms with Gasteiger partial charge in [-0.2, -0.15) is 0 Å². The number of amides is 6. The number of primary amides is 1. The first kappa shape index (κ1) is 75.1. The molecule has 26 heteroatoms. The number of esters is 2. The topological polar surface area (TPSA) is 304 Å². The molecule has 0 aromatic heterocycles. The van der Waals surface area contributed by atoms with Crippen molar-refractivity contribution in [2.24, 2.45) is 29.4 Å². The molecular weight excluding hydrogens is 1340 g/mol. The number of halogens is 3. The van der Waals surface area contributed by atoms with Gasteiger partial charge in [0.15, 0.2) is 11.5 Å². The van der Waals surface area contributed by atoms with Crippen molar-refractivity contribution in [3.8, 4) is 0 Å². The van der Waals surface area contributed by atoms with E-state index in [1.54, 1.807) is 51.2 Å². The van der Waals surface area contributed by atoms with Crippen LogP contribution in [0.15, 0.2) is 54.1 Å². The third-order valence-corrected chi connectivity index (χ3v) is 19.9. The fourth-order valence-corrected chi connectivity index (χ4v) is 13.7. The van der Waals surface area contributed by atoms with Gasteiger partial charge in [-0.3, -0.25) is 34.1 Å². The van der Waals surface area contributed by atoms with Crippen LogP contribution in [0.5, 0.6) is 0 Å². The van der Waals surface area contributed by atoms with Crippen molar-refractivity contribution >= 4 is 108 Å². The molecule has 0 unspecified atom stereocenters. The van der Waals surface area contributed by atoms with E-state index >= 15 is 0 Å². The first-order chi connectivity index (χ1) is 43.5. The van der Waals surface area contributed by atoms with Gasteiger partial charge in [0.2, 0.25) is 11.8 Å². The number of aryl methyl sites for hydroxylation is 1. The number of likely N-dealkylation sites (N-methyl/N-ethyl adjacent to an activating group) is 1. The molecule has 6 rings (SSSR count). The van der Waals surface area contributed by atoms with Gasteiger partial charge in [0.25, 0.3) is 5.91 Å².